The van der Waals surface area contributed by atoms with E-state index in [0.717, 1.165) is 5.56 Å². The molecule has 10 nitrogen and oxygen atoms in total. The molecule has 3 rings (SSSR count). The highest BCUT2D eigenvalue weighted by Crippen LogP contribution is 2.34. The average Bonchev–Trinajstić information content (AvgIpc) is 2.94. The first-order valence-electron chi connectivity index (χ1n) is 13.0. The predicted molar refractivity (Wildman–Crippen MR) is 143 cm³/mol. The maximum Gasteiger partial charge on any atom is 0.339 e. The molecule has 0 aliphatic carbocycles. The number of rotatable bonds is 14. The molecule has 6 atom stereocenters. The van der Waals surface area contributed by atoms with Crippen LogP contribution in [0.3, 0.4) is 0 Å². The Morgan fingerprint density at radius 2 is 1.57 bits per heavy atom. The molecule has 1 aliphatic rings. The van der Waals surface area contributed by atoms with E-state index in [0.29, 0.717) is 5.56 Å². The first-order valence-corrected chi connectivity index (χ1v) is 13.0. The Morgan fingerprint density at radius 1 is 0.900 bits per heavy atom. The van der Waals surface area contributed by atoms with Crippen LogP contribution in [0.4, 0.5) is 0 Å². The molecule has 0 saturated carbocycles. The molecule has 0 N–H and O–H groups in total. The van der Waals surface area contributed by atoms with Crippen LogP contribution in [0.1, 0.15) is 38.0 Å². The third-order valence-electron chi connectivity index (χ3n) is 5.91. The summed E-state index contributed by atoms with van der Waals surface area (Å²) in [5.41, 5.74) is 1.40. The van der Waals surface area contributed by atoms with Crippen molar-refractivity contribution in [3.05, 3.63) is 84.4 Å². The van der Waals surface area contributed by atoms with Crippen molar-refractivity contribution >= 4 is 17.9 Å². The molecule has 1 heterocycles. The van der Waals surface area contributed by atoms with Gasteiger partial charge in [-0.15, -0.1) is 6.58 Å². The van der Waals surface area contributed by atoms with Gasteiger partial charge in [-0.1, -0.05) is 66.7 Å². The van der Waals surface area contributed by atoms with Crippen LogP contribution in [0.2, 0.25) is 0 Å². The first kappa shape index (κ1) is 31.0. The van der Waals surface area contributed by atoms with Crippen LogP contribution in [0.15, 0.2) is 73.3 Å². The molecule has 0 amide bonds. The van der Waals surface area contributed by atoms with Gasteiger partial charge in [0.2, 0.25) is 6.29 Å². The minimum atomic E-state index is -1.33. The van der Waals surface area contributed by atoms with Gasteiger partial charge in [0, 0.05) is 13.8 Å². The van der Waals surface area contributed by atoms with Gasteiger partial charge in [-0.05, 0) is 18.1 Å². The van der Waals surface area contributed by atoms with Crippen LogP contribution in [0, 0.1) is 0 Å². The molecule has 1 unspecified atom stereocenters. The van der Waals surface area contributed by atoms with Crippen LogP contribution in [-0.4, -0.2) is 68.4 Å². The van der Waals surface area contributed by atoms with Gasteiger partial charge in [0.25, 0.3) is 0 Å². The standard InChI is InChI=1S/C30H36O10/c1-5-17-35-27-26(37-18-22-13-9-7-10-14-22)24(19-36-20(3)31)39-30(38-21(4)32)28(27)40-25(29(33)34-6-2)23-15-11-8-12-16-23/h5,7-16,24-28,30H,1,6,17-19H2,2-4H3/t24-,25+,26-,27+,28-,30?/m1/s1. The molecule has 0 radical (unpaired) electrons. The quantitative estimate of drug-likeness (QED) is 0.194. The summed E-state index contributed by atoms with van der Waals surface area (Å²) in [6, 6.07) is 18.2. The Balaban J connectivity index is 2.02. The summed E-state index contributed by atoms with van der Waals surface area (Å²) >= 11 is 0. The maximum absolute atomic E-state index is 13.1. The monoisotopic (exact) mass is 556 g/mol. The Hall–Kier alpha value is -3.57. The van der Waals surface area contributed by atoms with E-state index in [2.05, 4.69) is 6.58 Å². The normalized spacial score (nSPS) is 23.0. The van der Waals surface area contributed by atoms with E-state index in [-0.39, 0.29) is 26.4 Å². The third kappa shape index (κ3) is 8.99. The van der Waals surface area contributed by atoms with Crippen LogP contribution in [-0.2, 0) is 54.1 Å². The maximum atomic E-state index is 13.1. The number of carbonyl (C=O) groups is 3. The molecule has 0 spiro atoms. The summed E-state index contributed by atoms with van der Waals surface area (Å²) in [6.07, 6.45) is -4.83. The van der Waals surface area contributed by atoms with Crippen LogP contribution < -0.4 is 0 Å². The van der Waals surface area contributed by atoms with E-state index < -0.39 is 54.7 Å². The van der Waals surface area contributed by atoms with E-state index in [1.54, 1.807) is 43.3 Å². The molecule has 1 fully saturated rings. The Kier molecular flexibility index (Phi) is 12.3. The van der Waals surface area contributed by atoms with E-state index in [9.17, 15) is 14.4 Å². The average molecular weight is 557 g/mol. The second-order valence-electron chi connectivity index (χ2n) is 8.95. The fourth-order valence-electron chi connectivity index (χ4n) is 4.22. The number of ether oxygens (including phenoxy) is 7. The van der Waals surface area contributed by atoms with Crippen molar-refractivity contribution in [3.8, 4) is 0 Å². The smallest absolute Gasteiger partial charge is 0.339 e. The van der Waals surface area contributed by atoms with Crippen molar-refractivity contribution in [2.75, 3.05) is 19.8 Å². The van der Waals surface area contributed by atoms with Gasteiger partial charge in [0.1, 0.15) is 24.9 Å². The lowest BCUT2D eigenvalue weighted by Crippen LogP contribution is -2.62. The molecular weight excluding hydrogens is 520 g/mol. The highest BCUT2D eigenvalue weighted by atomic mass is 16.7. The van der Waals surface area contributed by atoms with Gasteiger partial charge >= 0.3 is 17.9 Å². The summed E-state index contributed by atoms with van der Waals surface area (Å²) in [5, 5.41) is 0. The van der Waals surface area contributed by atoms with Gasteiger partial charge in [0.15, 0.2) is 12.2 Å². The van der Waals surface area contributed by atoms with E-state index >= 15 is 0 Å². The zero-order chi connectivity index (χ0) is 28.9. The fraction of sp³-hybridized carbons (Fsp3) is 0.433. The zero-order valence-electron chi connectivity index (χ0n) is 22.9. The predicted octanol–water partition coefficient (Wildman–Crippen LogP) is 3.68. The van der Waals surface area contributed by atoms with E-state index in [1.807, 2.05) is 30.3 Å². The van der Waals surface area contributed by atoms with Gasteiger partial charge < -0.3 is 33.2 Å². The summed E-state index contributed by atoms with van der Waals surface area (Å²) in [6.45, 7) is 8.09. The van der Waals surface area contributed by atoms with Crippen LogP contribution in [0.5, 0.6) is 0 Å². The molecule has 2 aromatic carbocycles. The summed E-state index contributed by atoms with van der Waals surface area (Å²) in [5.74, 6) is -1.81. The number of benzene rings is 2. The lowest BCUT2D eigenvalue weighted by molar-refractivity contribution is -0.320. The topological polar surface area (TPSA) is 116 Å². The Morgan fingerprint density at radius 3 is 2.17 bits per heavy atom. The third-order valence-corrected chi connectivity index (χ3v) is 5.91. The first-order chi connectivity index (χ1) is 19.3. The fourth-order valence-corrected chi connectivity index (χ4v) is 4.22. The number of esters is 3. The Labute approximate surface area is 234 Å². The SMILES string of the molecule is C=CCO[C@H]1[C@H](OCc2ccccc2)[C@@H](COC(C)=O)OC(OC(C)=O)[C@@H]1O[C@H](C(=O)OCC)c1ccccc1. The number of carbonyl (C=O) groups excluding carboxylic acids is 3. The second kappa shape index (κ2) is 15.9. The molecule has 40 heavy (non-hydrogen) atoms. The van der Waals surface area contributed by atoms with Gasteiger partial charge in [-0.2, -0.15) is 0 Å². The van der Waals surface area contributed by atoms with Crippen molar-refractivity contribution in [3.63, 3.8) is 0 Å². The molecule has 216 valence electrons. The highest BCUT2D eigenvalue weighted by Gasteiger charge is 2.51. The summed E-state index contributed by atoms with van der Waals surface area (Å²) in [4.78, 5) is 36.8. The molecule has 2 aromatic rings. The van der Waals surface area contributed by atoms with Crippen molar-refractivity contribution in [1.82, 2.24) is 0 Å². The van der Waals surface area contributed by atoms with Crippen molar-refractivity contribution < 1.29 is 47.5 Å². The van der Waals surface area contributed by atoms with E-state index in [4.69, 9.17) is 33.2 Å². The molecule has 1 saturated heterocycles. The Bertz CT molecular complexity index is 1090. The van der Waals surface area contributed by atoms with Crippen molar-refractivity contribution in [2.24, 2.45) is 0 Å². The largest absolute Gasteiger partial charge is 0.464 e. The lowest BCUT2D eigenvalue weighted by Gasteiger charge is -2.45. The van der Waals surface area contributed by atoms with E-state index in [1.165, 1.54) is 13.8 Å². The summed E-state index contributed by atoms with van der Waals surface area (Å²) < 4.78 is 40.9. The van der Waals surface area contributed by atoms with Crippen molar-refractivity contribution in [1.29, 1.82) is 0 Å². The zero-order valence-corrected chi connectivity index (χ0v) is 22.9. The molecule has 1 aliphatic heterocycles. The minimum absolute atomic E-state index is 0.0816. The molecule has 0 bridgehead atoms. The lowest BCUT2D eigenvalue weighted by atomic mass is 9.97. The highest BCUT2D eigenvalue weighted by molar-refractivity contribution is 5.76. The van der Waals surface area contributed by atoms with Gasteiger partial charge in [-0.25, -0.2) is 4.79 Å². The van der Waals surface area contributed by atoms with Crippen LogP contribution in [0.25, 0.3) is 0 Å². The minimum Gasteiger partial charge on any atom is -0.464 e. The molecular formula is C30H36O10. The number of hydrogen-bond donors (Lipinski definition) is 0. The molecule has 0 aromatic heterocycles. The second-order valence-corrected chi connectivity index (χ2v) is 8.95. The van der Waals surface area contributed by atoms with Crippen LogP contribution >= 0.6 is 0 Å². The van der Waals surface area contributed by atoms with Gasteiger partial charge in [-0.3, -0.25) is 9.59 Å². The summed E-state index contributed by atoms with van der Waals surface area (Å²) in [7, 11) is 0. The number of hydrogen-bond acceptors (Lipinski definition) is 10. The van der Waals surface area contributed by atoms with Crippen molar-refractivity contribution in [2.45, 2.75) is 64.2 Å². The van der Waals surface area contributed by atoms with Gasteiger partial charge in [0.05, 0.1) is 19.8 Å². The molecule has 10 heteroatoms.